The van der Waals surface area contributed by atoms with Crippen molar-refractivity contribution < 1.29 is 14.3 Å². The van der Waals surface area contributed by atoms with Gasteiger partial charge in [0.1, 0.15) is 5.03 Å². The molecule has 156 valence electrons. The monoisotopic (exact) mass is 432 g/mol. The molecule has 0 spiro atoms. The molecule has 1 amide bonds. The van der Waals surface area contributed by atoms with Gasteiger partial charge in [-0.3, -0.25) is 4.79 Å². The highest BCUT2D eigenvalue weighted by Gasteiger charge is 2.20. The standard InChI is InChI=1S/C23H20N4O3S/c1-2-31-21-11-10-20-25-22(16-8-9-18-19(12-16)30-14-29-18)17(27(20)26-21)13-24-23(28)15-6-4-3-5-7-15/h3-12H,2,13-14H2,1H3,(H,24,28). The molecule has 0 unspecified atom stereocenters. The van der Waals surface area contributed by atoms with Crippen molar-refractivity contribution in [1.82, 2.24) is 19.9 Å². The van der Waals surface area contributed by atoms with Crippen molar-refractivity contribution in [3.05, 3.63) is 71.9 Å². The summed E-state index contributed by atoms with van der Waals surface area (Å²) in [5.41, 5.74) is 3.76. The maximum Gasteiger partial charge on any atom is 0.251 e. The molecule has 31 heavy (non-hydrogen) atoms. The van der Waals surface area contributed by atoms with E-state index in [-0.39, 0.29) is 19.2 Å². The molecule has 1 aliphatic heterocycles. The van der Waals surface area contributed by atoms with Gasteiger partial charge in [0.15, 0.2) is 17.1 Å². The van der Waals surface area contributed by atoms with Crippen molar-refractivity contribution in [2.75, 3.05) is 12.5 Å². The first-order valence-corrected chi connectivity index (χ1v) is 11.0. The highest BCUT2D eigenvalue weighted by atomic mass is 32.2. The van der Waals surface area contributed by atoms with Gasteiger partial charge in [0, 0.05) is 11.1 Å². The zero-order chi connectivity index (χ0) is 21.2. The van der Waals surface area contributed by atoms with E-state index in [4.69, 9.17) is 19.6 Å². The lowest BCUT2D eigenvalue weighted by Gasteiger charge is -2.08. The van der Waals surface area contributed by atoms with Gasteiger partial charge in [0.2, 0.25) is 6.79 Å². The second kappa shape index (κ2) is 8.31. The SMILES string of the molecule is CCSc1ccc2nc(-c3ccc4c(c3)OCO4)c(CNC(=O)c3ccccc3)n2n1. The number of rotatable bonds is 6. The molecule has 8 heteroatoms. The van der Waals surface area contributed by atoms with Gasteiger partial charge in [-0.1, -0.05) is 25.1 Å². The number of aromatic nitrogens is 3. The average Bonchev–Trinajstić information content (AvgIpc) is 3.42. The summed E-state index contributed by atoms with van der Waals surface area (Å²) in [4.78, 5) is 17.4. The van der Waals surface area contributed by atoms with Gasteiger partial charge in [0.25, 0.3) is 5.91 Å². The van der Waals surface area contributed by atoms with Crippen molar-refractivity contribution in [1.29, 1.82) is 0 Å². The molecule has 0 atom stereocenters. The summed E-state index contributed by atoms with van der Waals surface area (Å²) in [5, 5.41) is 8.65. The summed E-state index contributed by atoms with van der Waals surface area (Å²) >= 11 is 1.66. The maximum absolute atomic E-state index is 12.6. The van der Waals surface area contributed by atoms with E-state index < -0.39 is 0 Å². The zero-order valence-corrected chi connectivity index (χ0v) is 17.7. The summed E-state index contributed by atoms with van der Waals surface area (Å²) in [7, 11) is 0. The fourth-order valence-electron chi connectivity index (χ4n) is 3.48. The van der Waals surface area contributed by atoms with Crippen molar-refractivity contribution in [2.45, 2.75) is 18.5 Å². The number of carbonyl (C=O) groups is 1. The van der Waals surface area contributed by atoms with Crippen LogP contribution < -0.4 is 14.8 Å². The average molecular weight is 433 g/mol. The van der Waals surface area contributed by atoms with E-state index in [1.165, 1.54) is 0 Å². The first-order valence-electron chi connectivity index (χ1n) is 9.97. The van der Waals surface area contributed by atoms with Gasteiger partial charge in [-0.2, -0.15) is 5.10 Å². The van der Waals surface area contributed by atoms with E-state index in [1.807, 2.05) is 53.0 Å². The van der Waals surface area contributed by atoms with Crippen molar-refractivity contribution in [3.63, 3.8) is 0 Å². The number of hydrogen-bond acceptors (Lipinski definition) is 6. The number of fused-ring (bicyclic) bond motifs is 2. The fraction of sp³-hybridized carbons (Fsp3) is 0.174. The van der Waals surface area contributed by atoms with Crippen LogP contribution in [0.25, 0.3) is 16.9 Å². The van der Waals surface area contributed by atoms with Crippen LogP contribution >= 0.6 is 11.8 Å². The number of imidazole rings is 1. The lowest BCUT2D eigenvalue weighted by Crippen LogP contribution is -2.24. The number of hydrogen-bond donors (Lipinski definition) is 1. The van der Waals surface area contributed by atoms with E-state index in [2.05, 4.69) is 12.2 Å². The second-order valence-corrected chi connectivity index (χ2v) is 8.18. The Balaban J connectivity index is 1.55. The predicted octanol–water partition coefficient (Wildman–Crippen LogP) is 4.17. The van der Waals surface area contributed by atoms with Crippen LogP contribution in [0.2, 0.25) is 0 Å². The molecule has 5 rings (SSSR count). The highest BCUT2D eigenvalue weighted by molar-refractivity contribution is 7.99. The summed E-state index contributed by atoms with van der Waals surface area (Å²) < 4.78 is 12.8. The minimum atomic E-state index is -0.147. The third-order valence-corrected chi connectivity index (χ3v) is 5.74. The first-order chi connectivity index (χ1) is 15.2. The van der Waals surface area contributed by atoms with Gasteiger partial charge in [-0.05, 0) is 48.2 Å². The molecule has 7 nitrogen and oxygen atoms in total. The van der Waals surface area contributed by atoms with Crippen molar-refractivity contribution >= 4 is 23.3 Å². The molecular weight excluding hydrogens is 412 g/mol. The predicted molar refractivity (Wildman–Crippen MR) is 119 cm³/mol. The molecule has 0 fully saturated rings. The van der Waals surface area contributed by atoms with Crippen LogP contribution in [0.5, 0.6) is 11.5 Å². The molecule has 0 saturated carbocycles. The van der Waals surface area contributed by atoms with Crippen molar-refractivity contribution in [2.24, 2.45) is 0 Å². The maximum atomic E-state index is 12.6. The second-order valence-electron chi connectivity index (χ2n) is 6.90. The van der Waals surface area contributed by atoms with Gasteiger partial charge >= 0.3 is 0 Å². The number of amides is 1. The van der Waals surface area contributed by atoms with Crippen LogP contribution in [-0.4, -0.2) is 33.1 Å². The van der Waals surface area contributed by atoms with E-state index in [1.54, 1.807) is 23.9 Å². The Morgan fingerprint density at radius 3 is 2.77 bits per heavy atom. The van der Waals surface area contributed by atoms with E-state index in [0.717, 1.165) is 33.4 Å². The Bertz CT molecular complexity index is 1260. The van der Waals surface area contributed by atoms with Crippen LogP contribution in [0.15, 0.2) is 65.7 Å². The van der Waals surface area contributed by atoms with Crippen LogP contribution in [0.1, 0.15) is 23.0 Å². The molecule has 0 saturated heterocycles. The van der Waals surface area contributed by atoms with E-state index >= 15 is 0 Å². The number of nitrogens with one attached hydrogen (secondary N) is 1. The molecule has 0 bridgehead atoms. The molecule has 0 radical (unpaired) electrons. The molecule has 1 N–H and O–H groups in total. The lowest BCUT2D eigenvalue weighted by molar-refractivity contribution is 0.0950. The molecular formula is C23H20N4O3S. The quantitative estimate of drug-likeness (QED) is 0.461. The van der Waals surface area contributed by atoms with Gasteiger partial charge < -0.3 is 14.8 Å². The number of carbonyl (C=O) groups excluding carboxylic acids is 1. The van der Waals surface area contributed by atoms with Gasteiger partial charge in [-0.25, -0.2) is 9.50 Å². The number of thioether (sulfide) groups is 1. The van der Waals surface area contributed by atoms with Crippen LogP contribution in [0, 0.1) is 0 Å². The first kappa shape index (κ1) is 19.4. The largest absolute Gasteiger partial charge is 0.454 e. The molecule has 1 aliphatic rings. The minimum absolute atomic E-state index is 0.147. The molecule has 0 aliphatic carbocycles. The van der Waals surface area contributed by atoms with Crippen LogP contribution in [0.3, 0.4) is 0 Å². The highest BCUT2D eigenvalue weighted by Crippen LogP contribution is 2.36. The van der Waals surface area contributed by atoms with Gasteiger partial charge in [-0.15, -0.1) is 11.8 Å². The third kappa shape index (κ3) is 3.82. The van der Waals surface area contributed by atoms with E-state index in [9.17, 15) is 4.79 Å². The third-order valence-electron chi connectivity index (χ3n) is 4.94. The molecule has 2 aromatic heterocycles. The number of ether oxygens (including phenoxy) is 2. The molecule has 4 aromatic rings. The smallest absolute Gasteiger partial charge is 0.251 e. The summed E-state index contributed by atoms with van der Waals surface area (Å²) in [6, 6.07) is 18.8. The van der Waals surface area contributed by atoms with E-state index in [0.29, 0.717) is 17.1 Å². The zero-order valence-electron chi connectivity index (χ0n) is 16.9. The summed E-state index contributed by atoms with van der Waals surface area (Å²) in [6.45, 7) is 2.58. The lowest BCUT2D eigenvalue weighted by atomic mass is 10.1. The Morgan fingerprint density at radius 2 is 1.94 bits per heavy atom. The Hall–Kier alpha value is -3.52. The summed E-state index contributed by atoms with van der Waals surface area (Å²) in [6.07, 6.45) is 0. The van der Waals surface area contributed by atoms with Crippen LogP contribution in [0.4, 0.5) is 0 Å². The fourth-order valence-corrected chi connectivity index (χ4v) is 4.08. The molecule has 3 heterocycles. The molecule has 2 aromatic carbocycles. The van der Waals surface area contributed by atoms with Crippen LogP contribution in [-0.2, 0) is 6.54 Å². The minimum Gasteiger partial charge on any atom is -0.454 e. The number of benzene rings is 2. The Labute approximate surface area is 183 Å². The van der Waals surface area contributed by atoms with Crippen molar-refractivity contribution in [3.8, 4) is 22.8 Å². The summed E-state index contributed by atoms with van der Waals surface area (Å²) in [5.74, 6) is 2.17. The normalized spacial score (nSPS) is 12.3. The topological polar surface area (TPSA) is 77.8 Å². The Morgan fingerprint density at radius 1 is 1.10 bits per heavy atom. The van der Waals surface area contributed by atoms with Gasteiger partial charge in [0.05, 0.1) is 17.9 Å². The number of nitrogens with zero attached hydrogens (tertiary/aromatic N) is 3. The Kier molecular flexibility index (Phi) is 5.21.